The van der Waals surface area contributed by atoms with E-state index in [0.717, 1.165) is 42.1 Å². The van der Waals surface area contributed by atoms with Crippen LogP contribution in [0.5, 0.6) is 11.5 Å². The van der Waals surface area contributed by atoms with Gasteiger partial charge in [-0.1, -0.05) is 37.6 Å². The molecule has 2 aromatic carbocycles. The summed E-state index contributed by atoms with van der Waals surface area (Å²) in [6, 6.07) is 15.7. The highest BCUT2D eigenvalue weighted by Gasteiger charge is 2.09. The maximum absolute atomic E-state index is 6.30. The van der Waals surface area contributed by atoms with E-state index in [-0.39, 0.29) is 6.04 Å². The van der Waals surface area contributed by atoms with Crippen LogP contribution >= 0.6 is 0 Å². The fraction of sp³-hybridized carbons (Fsp3) is 0.333. The van der Waals surface area contributed by atoms with Crippen LogP contribution in [-0.2, 0) is 0 Å². The van der Waals surface area contributed by atoms with E-state index in [1.807, 2.05) is 48.5 Å². The summed E-state index contributed by atoms with van der Waals surface area (Å²) >= 11 is 0. The van der Waals surface area contributed by atoms with Gasteiger partial charge < -0.3 is 15.2 Å². The van der Waals surface area contributed by atoms with E-state index in [0.29, 0.717) is 0 Å². The fourth-order valence-electron chi connectivity index (χ4n) is 2.11. The lowest BCUT2D eigenvalue weighted by atomic mass is 9.99. The number of methoxy groups -OCH3 is 1. The van der Waals surface area contributed by atoms with Gasteiger partial charge in [0.25, 0.3) is 0 Å². The molecule has 0 spiro atoms. The third kappa shape index (κ3) is 4.23. The van der Waals surface area contributed by atoms with Crippen molar-refractivity contribution < 1.29 is 9.47 Å². The van der Waals surface area contributed by atoms with Crippen molar-refractivity contribution >= 4 is 0 Å². The highest BCUT2D eigenvalue weighted by Crippen LogP contribution is 2.23. The quantitative estimate of drug-likeness (QED) is 0.784. The summed E-state index contributed by atoms with van der Waals surface area (Å²) in [5, 5.41) is 0. The Kier molecular flexibility index (Phi) is 5.64. The minimum atomic E-state index is -0.138. The summed E-state index contributed by atoms with van der Waals surface area (Å²) in [5.41, 5.74) is 8.44. The van der Waals surface area contributed by atoms with Crippen LogP contribution in [0.3, 0.4) is 0 Å². The van der Waals surface area contributed by atoms with E-state index in [1.54, 1.807) is 7.11 Å². The molecule has 2 aromatic rings. The highest BCUT2D eigenvalue weighted by atomic mass is 16.5. The summed E-state index contributed by atoms with van der Waals surface area (Å²) in [5.74, 6) is 1.74. The average Bonchev–Trinajstić information content (AvgIpc) is 2.55. The molecular weight excluding hydrogens is 262 g/mol. The Morgan fingerprint density at radius 3 is 1.90 bits per heavy atom. The molecule has 0 saturated carbocycles. The molecule has 2 N–H and O–H groups in total. The van der Waals surface area contributed by atoms with Crippen LogP contribution in [0.1, 0.15) is 36.9 Å². The predicted octanol–water partition coefficient (Wildman–Crippen LogP) is 3.92. The number of hydrogen-bond donors (Lipinski definition) is 1. The van der Waals surface area contributed by atoms with Crippen LogP contribution in [0, 0.1) is 0 Å². The Hall–Kier alpha value is -2.00. The number of nitrogens with two attached hydrogens (primary N) is 1. The number of unbranched alkanes of at least 4 members (excludes halogenated alkanes) is 1. The second-order valence-electron chi connectivity index (χ2n) is 5.02. The lowest BCUT2D eigenvalue weighted by Crippen LogP contribution is -2.11. The largest absolute Gasteiger partial charge is 0.497 e. The third-order valence-corrected chi connectivity index (χ3v) is 3.48. The van der Waals surface area contributed by atoms with Gasteiger partial charge in [0.2, 0.25) is 0 Å². The van der Waals surface area contributed by atoms with Crippen LogP contribution in [-0.4, -0.2) is 13.7 Å². The monoisotopic (exact) mass is 285 g/mol. The zero-order valence-electron chi connectivity index (χ0n) is 12.7. The molecule has 0 heterocycles. The summed E-state index contributed by atoms with van der Waals surface area (Å²) < 4.78 is 10.8. The molecule has 0 aliphatic rings. The van der Waals surface area contributed by atoms with Gasteiger partial charge in [-0.2, -0.15) is 0 Å². The Bertz CT molecular complexity index is 534. The minimum Gasteiger partial charge on any atom is -0.497 e. The van der Waals surface area contributed by atoms with Gasteiger partial charge in [-0.25, -0.2) is 0 Å². The normalized spacial score (nSPS) is 12.0. The molecule has 112 valence electrons. The molecule has 3 heteroatoms. The van der Waals surface area contributed by atoms with Crippen molar-refractivity contribution in [2.24, 2.45) is 5.73 Å². The van der Waals surface area contributed by atoms with Crippen LogP contribution in [0.25, 0.3) is 0 Å². The van der Waals surface area contributed by atoms with Gasteiger partial charge >= 0.3 is 0 Å². The second-order valence-corrected chi connectivity index (χ2v) is 5.02. The number of ether oxygens (including phenoxy) is 2. The standard InChI is InChI=1S/C18H23NO2/c1-3-4-13-21-17-11-7-15(8-12-17)18(19)14-5-9-16(20-2)10-6-14/h5-12,18H,3-4,13,19H2,1-2H3. The minimum absolute atomic E-state index is 0.138. The van der Waals surface area contributed by atoms with Crippen LogP contribution in [0.4, 0.5) is 0 Å². The molecule has 0 aliphatic carbocycles. The number of rotatable bonds is 7. The molecule has 0 fully saturated rings. The topological polar surface area (TPSA) is 44.5 Å². The average molecular weight is 285 g/mol. The van der Waals surface area contributed by atoms with Crippen molar-refractivity contribution in [1.82, 2.24) is 0 Å². The van der Waals surface area contributed by atoms with Crippen molar-refractivity contribution in [3.63, 3.8) is 0 Å². The van der Waals surface area contributed by atoms with Gasteiger partial charge in [0.05, 0.1) is 19.8 Å². The molecular formula is C18H23NO2. The third-order valence-electron chi connectivity index (χ3n) is 3.48. The van der Waals surface area contributed by atoms with E-state index in [2.05, 4.69) is 6.92 Å². The molecule has 1 atom stereocenters. The lowest BCUT2D eigenvalue weighted by Gasteiger charge is -2.14. The van der Waals surface area contributed by atoms with E-state index in [9.17, 15) is 0 Å². The Labute approximate surface area is 126 Å². The Balaban J connectivity index is 2.02. The smallest absolute Gasteiger partial charge is 0.119 e. The molecule has 0 bridgehead atoms. The first-order chi connectivity index (χ1) is 10.2. The molecule has 2 rings (SSSR count). The van der Waals surface area contributed by atoms with Crippen molar-refractivity contribution in [3.05, 3.63) is 59.7 Å². The maximum atomic E-state index is 6.30. The molecule has 0 amide bonds. The van der Waals surface area contributed by atoms with Gasteiger partial charge in [-0.3, -0.25) is 0 Å². The van der Waals surface area contributed by atoms with Gasteiger partial charge in [0, 0.05) is 0 Å². The zero-order valence-corrected chi connectivity index (χ0v) is 12.7. The predicted molar refractivity (Wildman–Crippen MR) is 85.9 cm³/mol. The summed E-state index contributed by atoms with van der Waals surface area (Å²) in [4.78, 5) is 0. The van der Waals surface area contributed by atoms with Gasteiger partial charge in [-0.15, -0.1) is 0 Å². The molecule has 3 nitrogen and oxygen atoms in total. The summed E-state index contributed by atoms with van der Waals surface area (Å²) in [6.45, 7) is 2.92. The van der Waals surface area contributed by atoms with Crippen molar-refractivity contribution in [3.8, 4) is 11.5 Å². The number of hydrogen-bond acceptors (Lipinski definition) is 3. The molecule has 0 saturated heterocycles. The Morgan fingerprint density at radius 2 is 1.43 bits per heavy atom. The molecule has 0 radical (unpaired) electrons. The van der Waals surface area contributed by atoms with Gasteiger partial charge in [-0.05, 0) is 41.8 Å². The van der Waals surface area contributed by atoms with Crippen molar-refractivity contribution in [2.45, 2.75) is 25.8 Å². The first-order valence-corrected chi connectivity index (χ1v) is 7.37. The van der Waals surface area contributed by atoms with Crippen molar-refractivity contribution in [2.75, 3.05) is 13.7 Å². The summed E-state index contributed by atoms with van der Waals surface area (Å²) in [7, 11) is 1.66. The molecule has 0 aliphatic heterocycles. The SMILES string of the molecule is CCCCOc1ccc(C(N)c2ccc(OC)cc2)cc1. The molecule has 21 heavy (non-hydrogen) atoms. The van der Waals surface area contributed by atoms with E-state index >= 15 is 0 Å². The van der Waals surface area contributed by atoms with Gasteiger partial charge in [0.1, 0.15) is 11.5 Å². The van der Waals surface area contributed by atoms with Crippen LogP contribution < -0.4 is 15.2 Å². The van der Waals surface area contributed by atoms with Crippen molar-refractivity contribution in [1.29, 1.82) is 0 Å². The highest BCUT2D eigenvalue weighted by molar-refractivity contribution is 5.37. The van der Waals surface area contributed by atoms with E-state index in [1.165, 1.54) is 0 Å². The zero-order chi connectivity index (χ0) is 15.1. The molecule has 1 unspecified atom stereocenters. The first kappa shape index (κ1) is 15.4. The van der Waals surface area contributed by atoms with E-state index in [4.69, 9.17) is 15.2 Å². The maximum Gasteiger partial charge on any atom is 0.119 e. The second kappa shape index (κ2) is 7.70. The van der Waals surface area contributed by atoms with E-state index < -0.39 is 0 Å². The molecule has 0 aromatic heterocycles. The van der Waals surface area contributed by atoms with Gasteiger partial charge in [0.15, 0.2) is 0 Å². The first-order valence-electron chi connectivity index (χ1n) is 7.37. The number of benzene rings is 2. The summed E-state index contributed by atoms with van der Waals surface area (Å²) in [6.07, 6.45) is 2.22. The Morgan fingerprint density at radius 1 is 0.905 bits per heavy atom. The lowest BCUT2D eigenvalue weighted by molar-refractivity contribution is 0.309. The van der Waals surface area contributed by atoms with Crippen LogP contribution in [0.2, 0.25) is 0 Å². The fourth-order valence-corrected chi connectivity index (χ4v) is 2.11. The van der Waals surface area contributed by atoms with Crippen LogP contribution in [0.15, 0.2) is 48.5 Å².